The number of hydrazine groups is 1. The highest BCUT2D eigenvalue weighted by Crippen LogP contribution is 2.34. The Bertz CT molecular complexity index is 662. The van der Waals surface area contributed by atoms with E-state index in [1.165, 1.54) is 0 Å². The Kier molecular flexibility index (Phi) is 6.01. The first kappa shape index (κ1) is 18.5. The summed E-state index contributed by atoms with van der Waals surface area (Å²) in [4.78, 5) is 12.0. The highest BCUT2D eigenvalue weighted by molar-refractivity contribution is 7.84. The lowest BCUT2D eigenvalue weighted by atomic mass is 9.90. The molecule has 1 saturated heterocycles. The highest BCUT2D eigenvalue weighted by atomic mass is 32.2. The summed E-state index contributed by atoms with van der Waals surface area (Å²) in [5.41, 5.74) is 7.70. The molecule has 0 radical (unpaired) electrons. The molecule has 0 spiro atoms. The first-order valence-corrected chi connectivity index (χ1v) is 9.25. The van der Waals surface area contributed by atoms with Crippen LogP contribution in [0.15, 0.2) is 22.6 Å². The minimum absolute atomic E-state index is 0.00432. The first-order valence-electron chi connectivity index (χ1n) is 7.69. The van der Waals surface area contributed by atoms with E-state index in [9.17, 15) is 9.00 Å². The fraction of sp³-hybridized carbons (Fsp3) is 0.471. The van der Waals surface area contributed by atoms with Crippen molar-refractivity contribution in [1.82, 2.24) is 10.9 Å². The lowest BCUT2D eigenvalue weighted by molar-refractivity contribution is -0.125. The van der Waals surface area contributed by atoms with Crippen molar-refractivity contribution in [2.24, 2.45) is 5.92 Å². The molecule has 3 atom stereocenters. The molecule has 1 heterocycles. The molecule has 0 aliphatic carbocycles. The number of hydrogen-bond donors (Lipinski definition) is 2. The predicted molar refractivity (Wildman–Crippen MR) is 94.4 cm³/mol. The average Bonchev–Trinajstić information content (AvgIpc) is 2.53. The molecule has 1 aromatic carbocycles. The van der Waals surface area contributed by atoms with Gasteiger partial charge in [0.2, 0.25) is 5.91 Å². The fourth-order valence-corrected chi connectivity index (χ4v) is 3.80. The molecule has 7 heteroatoms. The maximum absolute atomic E-state index is 11.9. The van der Waals surface area contributed by atoms with Crippen LogP contribution in [0.3, 0.4) is 0 Å². The van der Waals surface area contributed by atoms with Crippen LogP contribution < -0.4 is 20.3 Å². The van der Waals surface area contributed by atoms with Gasteiger partial charge in [0.05, 0.1) is 31.1 Å². The lowest BCUT2D eigenvalue weighted by Crippen LogP contribution is -2.53. The number of nitrogens with one attached hydrogen (secondary N) is 2. The second-order valence-electron chi connectivity index (χ2n) is 5.95. The molecular weight excluding hydrogens is 328 g/mol. The second kappa shape index (κ2) is 7.81. The van der Waals surface area contributed by atoms with Crippen molar-refractivity contribution in [3.8, 4) is 11.5 Å². The Balaban J connectivity index is 2.38. The largest absolute Gasteiger partial charge is 0.495 e. The number of carbonyl (C=O) groups is 1. The number of benzene rings is 1. The van der Waals surface area contributed by atoms with Gasteiger partial charge in [-0.25, -0.2) is 5.43 Å². The van der Waals surface area contributed by atoms with Gasteiger partial charge in [0.15, 0.2) is 0 Å². The van der Waals surface area contributed by atoms with Gasteiger partial charge in [-0.05, 0) is 30.5 Å². The maximum atomic E-state index is 11.9. The summed E-state index contributed by atoms with van der Waals surface area (Å²) < 4.78 is 22.7. The molecule has 2 N–H and O–H groups in total. The summed E-state index contributed by atoms with van der Waals surface area (Å²) in [6.07, 6.45) is 4.10. The van der Waals surface area contributed by atoms with E-state index in [0.29, 0.717) is 22.8 Å². The minimum atomic E-state index is -1.22. The van der Waals surface area contributed by atoms with Gasteiger partial charge < -0.3 is 9.47 Å². The quantitative estimate of drug-likeness (QED) is 0.846. The molecule has 6 nitrogen and oxygen atoms in total. The van der Waals surface area contributed by atoms with E-state index in [1.807, 2.05) is 32.1 Å². The van der Waals surface area contributed by atoms with Crippen LogP contribution in [-0.4, -0.2) is 36.6 Å². The van der Waals surface area contributed by atoms with Crippen LogP contribution in [0.5, 0.6) is 11.5 Å². The van der Waals surface area contributed by atoms with Crippen molar-refractivity contribution in [1.29, 1.82) is 0 Å². The molecule has 132 valence electrons. The zero-order valence-electron chi connectivity index (χ0n) is 14.6. The smallest absolute Gasteiger partial charge is 0.234 e. The Morgan fingerprint density at radius 3 is 2.33 bits per heavy atom. The monoisotopic (exact) mass is 352 g/mol. The molecular formula is C17H24N2O4S. The van der Waals surface area contributed by atoms with Gasteiger partial charge in [-0.3, -0.25) is 14.4 Å². The summed E-state index contributed by atoms with van der Waals surface area (Å²) >= 11 is 0. The average molecular weight is 352 g/mol. The molecule has 3 unspecified atom stereocenters. The van der Waals surface area contributed by atoms with Crippen LogP contribution in [0.1, 0.15) is 25.8 Å². The third-order valence-corrected chi connectivity index (χ3v) is 5.08. The fourth-order valence-electron chi connectivity index (χ4n) is 2.94. The van der Waals surface area contributed by atoms with Crippen molar-refractivity contribution in [2.75, 3.05) is 20.5 Å². The van der Waals surface area contributed by atoms with Crippen LogP contribution >= 0.6 is 0 Å². The number of hydrogen-bond acceptors (Lipinski definition) is 5. The summed E-state index contributed by atoms with van der Waals surface area (Å²) in [5.74, 6) is 1.27. The van der Waals surface area contributed by atoms with E-state index in [4.69, 9.17) is 9.47 Å². The van der Waals surface area contributed by atoms with Crippen LogP contribution in [0.4, 0.5) is 0 Å². The molecule has 1 aliphatic heterocycles. The Morgan fingerprint density at radius 2 is 1.88 bits per heavy atom. The lowest BCUT2D eigenvalue weighted by Gasteiger charge is -2.30. The molecule has 0 aromatic heterocycles. The van der Waals surface area contributed by atoms with Crippen molar-refractivity contribution in [3.63, 3.8) is 0 Å². The zero-order valence-corrected chi connectivity index (χ0v) is 15.5. The SMILES string of the molecule is COc1cc(/C=C(\C)C2NNC(=O)CC2C)cc(OC)c1S(C)=O. The molecule has 1 amide bonds. The van der Waals surface area contributed by atoms with Gasteiger partial charge >= 0.3 is 0 Å². The topological polar surface area (TPSA) is 76.7 Å². The third-order valence-electron chi connectivity index (χ3n) is 4.10. The normalized spacial score (nSPS) is 22.7. The molecule has 1 fully saturated rings. The highest BCUT2D eigenvalue weighted by Gasteiger charge is 2.26. The van der Waals surface area contributed by atoms with E-state index < -0.39 is 10.8 Å². The molecule has 1 aromatic rings. The van der Waals surface area contributed by atoms with Gasteiger partial charge in [0, 0.05) is 12.7 Å². The Hall–Kier alpha value is -1.86. The van der Waals surface area contributed by atoms with Gasteiger partial charge in [-0.2, -0.15) is 0 Å². The number of methoxy groups -OCH3 is 2. The number of ether oxygens (including phenoxy) is 2. The minimum Gasteiger partial charge on any atom is -0.495 e. The van der Waals surface area contributed by atoms with Crippen LogP contribution in [-0.2, 0) is 15.6 Å². The number of carbonyl (C=O) groups excluding carboxylic acids is 1. The molecule has 2 rings (SSSR count). The van der Waals surface area contributed by atoms with Crippen LogP contribution in [0.2, 0.25) is 0 Å². The first-order chi connectivity index (χ1) is 11.4. The van der Waals surface area contributed by atoms with E-state index in [-0.39, 0.29) is 17.9 Å². The van der Waals surface area contributed by atoms with Gasteiger partial charge in [-0.1, -0.05) is 18.6 Å². The summed E-state index contributed by atoms with van der Waals surface area (Å²) in [7, 11) is 1.88. The zero-order chi connectivity index (χ0) is 17.9. The Labute approximate surface area is 145 Å². The van der Waals surface area contributed by atoms with E-state index >= 15 is 0 Å². The van der Waals surface area contributed by atoms with Gasteiger partial charge in [-0.15, -0.1) is 0 Å². The Morgan fingerprint density at radius 1 is 1.29 bits per heavy atom. The van der Waals surface area contributed by atoms with Crippen LogP contribution in [0, 0.1) is 5.92 Å². The summed E-state index contributed by atoms with van der Waals surface area (Å²) in [6, 6.07) is 3.74. The molecule has 24 heavy (non-hydrogen) atoms. The van der Waals surface area contributed by atoms with Crippen molar-refractivity contribution < 1.29 is 18.5 Å². The molecule has 1 aliphatic rings. The molecule has 0 saturated carbocycles. The third kappa shape index (κ3) is 3.96. The van der Waals surface area contributed by atoms with Crippen molar-refractivity contribution in [2.45, 2.75) is 31.2 Å². The summed E-state index contributed by atoms with van der Waals surface area (Å²) in [5, 5.41) is 0. The van der Waals surface area contributed by atoms with E-state index in [1.54, 1.807) is 20.5 Å². The maximum Gasteiger partial charge on any atom is 0.234 e. The van der Waals surface area contributed by atoms with Crippen LogP contribution in [0.25, 0.3) is 6.08 Å². The second-order valence-corrected chi connectivity index (χ2v) is 7.27. The number of rotatable bonds is 5. The van der Waals surface area contributed by atoms with E-state index in [2.05, 4.69) is 10.9 Å². The van der Waals surface area contributed by atoms with Gasteiger partial charge in [0.1, 0.15) is 16.4 Å². The van der Waals surface area contributed by atoms with Crippen molar-refractivity contribution in [3.05, 3.63) is 23.3 Å². The molecule has 0 bridgehead atoms. The summed E-state index contributed by atoms with van der Waals surface area (Å²) in [6.45, 7) is 4.05. The van der Waals surface area contributed by atoms with Gasteiger partial charge in [0.25, 0.3) is 0 Å². The standard InChI is InChI=1S/C17H24N2O4S/c1-10(16-11(2)7-15(20)18-19-16)6-12-8-13(22-3)17(24(5)21)14(9-12)23-4/h6,8-9,11,16,19H,7H2,1-5H3,(H,18,20)/b10-6+. The predicted octanol–water partition coefficient (Wildman–Crippen LogP) is 1.87. The van der Waals surface area contributed by atoms with E-state index in [0.717, 1.165) is 11.1 Å². The van der Waals surface area contributed by atoms with Crippen molar-refractivity contribution >= 4 is 22.8 Å². The number of amides is 1.